The molecule has 1 amide bonds. The van der Waals surface area contributed by atoms with Crippen molar-refractivity contribution in [2.75, 3.05) is 12.0 Å². The van der Waals surface area contributed by atoms with Crippen LogP contribution in [-0.2, 0) is 9.59 Å². The first-order chi connectivity index (χ1) is 16.8. The van der Waals surface area contributed by atoms with Crippen LogP contribution in [0.25, 0.3) is 16.7 Å². The molecule has 5 rings (SSSR count). The van der Waals surface area contributed by atoms with E-state index < -0.39 is 17.7 Å². The molecule has 6 heteroatoms. The Morgan fingerprint density at radius 1 is 0.943 bits per heavy atom. The summed E-state index contributed by atoms with van der Waals surface area (Å²) in [6, 6.07) is 18.0. The van der Waals surface area contributed by atoms with Crippen molar-refractivity contribution >= 4 is 34.0 Å². The smallest absolute Gasteiger partial charge is 0.300 e. The predicted molar refractivity (Wildman–Crippen MR) is 137 cm³/mol. The number of hydrogen-bond acceptors (Lipinski definition) is 4. The number of hydrogen-bond donors (Lipinski definition) is 2. The number of fused-ring (bicyclic) bond motifs is 1. The zero-order valence-electron chi connectivity index (χ0n) is 20.0. The zero-order chi connectivity index (χ0) is 24.9. The third kappa shape index (κ3) is 3.49. The van der Waals surface area contributed by atoms with Crippen molar-refractivity contribution in [2.24, 2.45) is 0 Å². The molecular weight excluding hydrogens is 440 g/mol. The number of nitrogens with zero attached hydrogens (tertiary/aromatic N) is 1. The molecule has 0 bridgehead atoms. The Hall–Kier alpha value is -4.32. The zero-order valence-corrected chi connectivity index (χ0v) is 20.0. The summed E-state index contributed by atoms with van der Waals surface area (Å²) in [6.45, 7) is 5.62. The second-order valence-corrected chi connectivity index (χ2v) is 8.88. The summed E-state index contributed by atoms with van der Waals surface area (Å²) in [4.78, 5) is 31.8. The normalized spacial score (nSPS) is 17.4. The third-order valence-corrected chi connectivity index (χ3v) is 6.73. The first-order valence-corrected chi connectivity index (χ1v) is 11.4. The highest BCUT2D eigenvalue weighted by molar-refractivity contribution is 6.52. The number of ketones is 1. The van der Waals surface area contributed by atoms with E-state index in [1.165, 1.54) is 4.90 Å². The molecule has 4 aromatic rings. The van der Waals surface area contributed by atoms with Gasteiger partial charge < -0.3 is 14.8 Å². The van der Waals surface area contributed by atoms with E-state index in [0.29, 0.717) is 17.0 Å². The van der Waals surface area contributed by atoms with Crippen LogP contribution in [0.15, 0.2) is 72.4 Å². The van der Waals surface area contributed by atoms with Gasteiger partial charge in [-0.15, -0.1) is 0 Å². The molecule has 0 aliphatic carbocycles. The largest absolute Gasteiger partial charge is 0.507 e. The highest BCUT2D eigenvalue weighted by Crippen LogP contribution is 2.45. The number of ether oxygens (including phenoxy) is 1. The van der Waals surface area contributed by atoms with Crippen molar-refractivity contribution in [3.05, 3.63) is 100 Å². The molecule has 0 saturated carbocycles. The number of carbonyl (C=O) groups excluding carboxylic acids is 2. The number of methoxy groups -OCH3 is 1. The summed E-state index contributed by atoms with van der Waals surface area (Å²) in [5, 5.41) is 12.5. The molecule has 2 heterocycles. The van der Waals surface area contributed by atoms with Gasteiger partial charge in [0.1, 0.15) is 11.5 Å². The molecule has 1 atom stereocenters. The van der Waals surface area contributed by atoms with Crippen molar-refractivity contribution in [3.8, 4) is 5.75 Å². The number of amides is 1. The number of Topliss-reactive ketones (excluding diaryl/α,β-unsaturated/α-hetero) is 1. The number of para-hydroxylation sites is 2. The molecular formula is C29H26N2O4. The predicted octanol–water partition coefficient (Wildman–Crippen LogP) is 5.73. The van der Waals surface area contributed by atoms with E-state index in [0.717, 1.165) is 33.2 Å². The lowest BCUT2D eigenvalue weighted by molar-refractivity contribution is -0.132. The van der Waals surface area contributed by atoms with Crippen LogP contribution in [-0.4, -0.2) is 28.9 Å². The number of anilines is 1. The number of aliphatic hydroxyl groups is 1. The fourth-order valence-corrected chi connectivity index (χ4v) is 4.94. The number of aliphatic hydroxyl groups excluding tert-OH is 1. The van der Waals surface area contributed by atoms with E-state index >= 15 is 0 Å². The molecule has 0 radical (unpaired) electrons. The average Bonchev–Trinajstić information content (AvgIpc) is 3.39. The number of aromatic amines is 1. The van der Waals surface area contributed by atoms with Crippen molar-refractivity contribution in [3.63, 3.8) is 0 Å². The number of benzene rings is 3. The van der Waals surface area contributed by atoms with Gasteiger partial charge in [-0.2, -0.15) is 0 Å². The Morgan fingerprint density at radius 2 is 1.66 bits per heavy atom. The van der Waals surface area contributed by atoms with Crippen LogP contribution in [0.5, 0.6) is 5.75 Å². The quantitative estimate of drug-likeness (QED) is 0.229. The molecule has 1 aromatic heterocycles. The Bertz CT molecular complexity index is 1530. The number of nitrogens with one attached hydrogen (secondary N) is 1. The number of aryl methyl sites for hydroxylation is 3. The minimum atomic E-state index is -0.797. The average molecular weight is 467 g/mol. The molecule has 6 nitrogen and oxygen atoms in total. The fourth-order valence-electron chi connectivity index (χ4n) is 4.94. The van der Waals surface area contributed by atoms with Gasteiger partial charge in [0.25, 0.3) is 11.7 Å². The lowest BCUT2D eigenvalue weighted by Gasteiger charge is -2.26. The van der Waals surface area contributed by atoms with Gasteiger partial charge in [0.15, 0.2) is 0 Å². The molecule has 176 valence electrons. The molecule has 1 aliphatic heterocycles. The molecule has 1 aliphatic rings. The summed E-state index contributed by atoms with van der Waals surface area (Å²) >= 11 is 0. The Labute approximate surface area is 203 Å². The van der Waals surface area contributed by atoms with Crippen molar-refractivity contribution in [2.45, 2.75) is 26.8 Å². The van der Waals surface area contributed by atoms with Crippen LogP contribution in [0, 0.1) is 20.8 Å². The minimum Gasteiger partial charge on any atom is -0.507 e. The van der Waals surface area contributed by atoms with E-state index in [2.05, 4.69) is 4.98 Å². The van der Waals surface area contributed by atoms with E-state index in [4.69, 9.17) is 4.74 Å². The Kier molecular flexibility index (Phi) is 5.44. The fraction of sp³-hybridized carbons (Fsp3) is 0.172. The second kappa shape index (κ2) is 8.47. The van der Waals surface area contributed by atoms with Gasteiger partial charge in [-0.25, -0.2) is 0 Å². The monoisotopic (exact) mass is 466 g/mol. The van der Waals surface area contributed by atoms with Crippen LogP contribution in [0.4, 0.5) is 5.69 Å². The van der Waals surface area contributed by atoms with E-state index in [1.54, 1.807) is 13.2 Å². The Balaban J connectivity index is 1.81. The van der Waals surface area contributed by atoms with Gasteiger partial charge in [0.2, 0.25) is 0 Å². The SMILES string of the molecule is COc1cc(C)c(/C(O)=C2\C(=O)C(=O)N(c3ccccc3C)C2c2c[nH]c3ccccc23)cc1C. The van der Waals surface area contributed by atoms with Crippen LogP contribution in [0.2, 0.25) is 0 Å². The standard InChI is InChI=1S/C29H26N2O4/c1-16-9-5-8-12-23(16)31-26(21-15-30-22-11-7-6-10-19(21)22)25(28(33)29(31)34)27(32)20-13-18(3)24(35-4)14-17(20)2/h5-15,26,30,32H,1-4H3/b27-25+. The number of carbonyl (C=O) groups is 2. The molecule has 1 saturated heterocycles. The molecule has 35 heavy (non-hydrogen) atoms. The number of aromatic nitrogens is 1. The summed E-state index contributed by atoms with van der Waals surface area (Å²) in [7, 11) is 1.59. The highest BCUT2D eigenvalue weighted by Gasteiger charge is 2.48. The minimum absolute atomic E-state index is 0.0654. The van der Waals surface area contributed by atoms with Crippen LogP contribution >= 0.6 is 0 Å². The van der Waals surface area contributed by atoms with Gasteiger partial charge in [-0.1, -0.05) is 36.4 Å². The van der Waals surface area contributed by atoms with E-state index in [-0.39, 0.29) is 11.3 Å². The molecule has 2 N–H and O–H groups in total. The lowest BCUT2D eigenvalue weighted by Crippen LogP contribution is -2.30. The van der Waals surface area contributed by atoms with E-state index in [9.17, 15) is 14.7 Å². The van der Waals surface area contributed by atoms with Crippen molar-refractivity contribution in [1.82, 2.24) is 4.98 Å². The summed E-state index contributed by atoms with van der Waals surface area (Å²) in [5.41, 5.74) is 5.23. The summed E-state index contributed by atoms with van der Waals surface area (Å²) in [6.07, 6.45) is 1.81. The van der Waals surface area contributed by atoms with Crippen LogP contribution < -0.4 is 9.64 Å². The lowest BCUT2D eigenvalue weighted by atomic mass is 9.92. The second-order valence-electron chi connectivity index (χ2n) is 8.88. The van der Waals surface area contributed by atoms with Crippen LogP contribution in [0.1, 0.15) is 33.9 Å². The molecule has 3 aromatic carbocycles. The van der Waals surface area contributed by atoms with Gasteiger partial charge in [0, 0.05) is 33.9 Å². The first kappa shape index (κ1) is 22.5. The summed E-state index contributed by atoms with van der Waals surface area (Å²) < 4.78 is 5.41. The van der Waals surface area contributed by atoms with Gasteiger partial charge >= 0.3 is 0 Å². The number of H-pyrrole nitrogens is 1. The van der Waals surface area contributed by atoms with Crippen molar-refractivity contribution < 1.29 is 19.4 Å². The maximum absolute atomic E-state index is 13.5. The van der Waals surface area contributed by atoms with Gasteiger partial charge in [0.05, 0.1) is 18.7 Å². The topological polar surface area (TPSA) is 82.6 Å². The maximum atomic E-state index is 13.5. The van der Waals surface area contributed by atoms with Crippen molar-refractivity contribution in [1.29, 1.82) is 0 Å². The Morgan fingerprint density at radius 3 is 2.40 bits per heavy atom. The van der Waals surface area contributed by atoms with Gasteiger partial charge in [-0.05, 0) is 61.7 Å². The third-order valence-electron chi connectivity index (χ3n) is 6.73. The maximum Gasteiger partial charge on any atom is 0.300 e. The molecule has 1 fully saturated rings. The highest BCUT2D eigenvalue weighted by atomic mass is 16.5. The van der Waals surface area contributed by atoms with E-state index in [1.807, 2.05) is 81.6 Å². The molecule has 0 spiro atoms. The van der Waals surface area contributed by atoms with Gasteiger partial charge in [-0.3, -0.25) is 14.5 Å². The van der Waals surface area contributed by atoms with Crippen LogP contribution in [0.3, 0.4) is 0 Å². The summed E-state index contributed by atoms with van der Waals surface area (Å²) in [5.74, 6) is -0.890. The first-order valence-electron chi connectivity index (χ1n) is 11.4. The molecule has 1 unspecified atom stereocenters. The number of rotatable bonds is 4.